The molecule has 0 radical (unpaired) electrons. The van der Waals surface area contributed by atoms with Gasteiger partial charge in [-0.25, -0.2) is 0 Å². The zero-order valence-corrected chi connectivity index (χ0v) is 15.0. The average molecular weight is 383 g/mol. The third-order valence-corrected chi connectivity index (χ3v) is 5.02. The number of hydrogen-bond acceptors (Lipinski definition) is 5. The Morgan fingerprint density at radius 1 is 1.08 bits per heavy atom. The van der Waals surface area contributed by atoms with E-state index in [1.807, 2.05) is 0 Å². The number of aliphatic carboxylic acids is 1. The molecule has 1 N–H and O–H groups in total. The number of amides is 1. The van der Waals surface area contributed by atoms with E-state index in [1.165, 1.54) is 16.7 Å². The van der Waals surface area contributed by atoms with Crippen molar-refractivity contribution in [1.29, 1.82) is 0 Å². The van der Waals surface area contributed by atoms with E-state index < -0.39 is 5.97 Å². The van der Waals surface area contributed by atoms with Crippen LogP contribution >= 0.6 is 24.0 Å². The van der Waals surface area contributed by atoms with Gasteiger partial charge in [-0.3, -0.25) is 19.3 Å². The van der Waals surface area contributed by atoms with Crippen LogP contribution in [-0.4, -0.2) is 27.6 Å². The summed E-state index contributed by atoms with van der Waals surface area (Å²) in [5.74, 6) is -1.14. The van der Waals surface area contributed by atoms with Gasteiger partial charge in [0.25, 0.3) is 5.91 Å². The fraction of sp³-hybridized carbons (Fsp3) is 0.0526. The van der Waals surface area contributed by atoms with Crippen LogP contribution in [0.4, 0.5) is 5.69 Å². The molecule has 1 saturated heterocycles. The molecule has 5 nitrogen and oxygen atoms in total. The molecule has 130 valence electrons. The Morgan fingerprint density at radius 3 is 2.27 bits per heavy atom. The first-order chi connectivity index (χ1) is 12.5. The third-order valence-electron chi connectivity index (χ3n) is 3.71. The van der Waals surface area contributed by atoms with Gasteiger partial charge in [0.1, 0.15) is 6.29 Å². The lowest BCUT2D eigenvalue weighted by molar-refractivity contribution is -0.136. The van der Waals surface area contributed by atoms with Gasteiger partial charge in [0.2, 0.25) is 0 Å². The molecule has 0 atom stereocenters. The number of anilines is 1. The zero-order chi connectivity index (χ0) is 18.7. The summed E-state index contributed by atoms with van der Waals surface area (Å²) >= 11 is 6.52. The summed E-state index contributed by atoms with van der Waals surface area (Å²) in [6.07, 6.45) is 2.42. The number of benzene rings is 2. The lowest BCUT2D eigenvalue weighted by atomic mass is 10.1. The number of hydrogen-bond donors (Lipinski definition) is 1. The van der Waals surface area contributed by atoms with Gasteiger partial charge in [0.05, 0.1) is 17.0 Å². The maximum Gasteiger partial charge on any atom is 0.307 e. The molecular formula is C19H13NO4S2. The molecule has 1 aliphatic rings. The van der Waals surface area contributed by atoms with Crippen LogP contribution in [0.5, 0.6) is 0 Å². The molecule has 1 aliphatic heterocycles. The van der Waals surface area contributed by atoms with Crippen molar-refractivity contribution in [2.45, 2.75) is 6.42 Å². The van der Waals surface area contributed by atoms with Gasteiger partial charge in [0.15, 0.2) is 4.32 Å². The Hall–Kier alpha value is -2.77. The molecule has 0 aromatic heterocycles. The molecule has 0 spiro atoms. The highest BCUT2D eigenvalue weighted by atomic mass is 32.2. The predicted molar refractivity (Wildman–Crippen MR) is 105 cm³/mol. The van der Waals surface area contributed by atoms with Crippen molar-refractivity contribution in [2.75, 3.05) is 4.90 Å². The molecule has 0 aliphatic carbocycles. The fourth-order valence-corrected chi connectivity index (χ4v) is 3.75. The Morgan fingerprint density at radius 2 is 1.69 bits per heavy atom. The summed E-state index contributed by atoms with van der Waals surface area (Å²) in [5, 5.41) is 8.82. The van der Waals surface area contributed by atoms with E-state index in [9.17, 15) is 14.4 Å². The van der Waals surface area contributed by atoms with Crippen molar-refractivity contribution in [1.82, 2.24) is 0 Å². The highest BCUT2D eigenvalue weighted by Gasteiger charge is 2.33. The number of carboxylic acid groups (broad SMARTS) is 1. The van der Waals surface area contributed by atoms with Gasteiger partial charge in [-0.15, -0.1) is 0 Å². The van der Waals surface area contributed by atoms with Crippen molar-refractivity contribution in [2.24, 2.45) is 0 Å². The second-order valence-corrected chi connectivity index (χ2v) is 7.21. The quantitative estimate of drug-likeness (QED) is 0.484. The Balaban J connectivity index is 1.82. The summed E-state index contributed by atoms with van der Waals surface area (Å²) in [6, 6.07) is 13.6. The minimum atomic E-state index is -0.910. The number of aldehydes is 1. The first-order valence-electron chi connectivity index (χ1n) is 7.62. The van der Waals surface area contributed by atoms with E-state index in [0.717, 1.165) is 11.8 Å². The van der Waals surface area contributed by atoms with Crippen LogP contribution in [-0.2, 0) is 16.0 Å². The van der Waals surface area contributed by atoms with Crippen molar-refractivity contribution >= 4 is 58.2 Å². The molecule has 0 saturated carbocycles. The molecule has 1 heterocycles. The fourth-order valence-electron chi connectivity index (χ4n) is 2.45. The maximum atomic E-state index is 12.7. The second kappa shape index (κ2) is 7.63. The van der Waals surface area contributed by atoms with Crippen LogP contribution in [0.2, 0.25) is 0 Å². The number of nitrogens with zero attached hydrogens (tertiary/aromatic N) is 1. The van der Waals surface area contributed by atoms with E-state index in [1.54, 1.807) is 54.6 Å². The van der Waals surface area contributed by atoms with Gasteiger partial charge in [-0.1, -0.05) is 60.4 Å². The summed E-state index contributed by atoms with van der Waals surface area (Å²) in [6.45, 7) is 0. The normalized spacial score (nSPS) is 15.5. The molecule has 1 fully saturated rings. The highest BCUT2D eigenvalue weighted by molar-refractivity contribution is 8.27. The van der Waals surface area contributed by atoms with Crippen molar-refractivity contribution in [3.8, 4) is 0 Å². The first kappa shape index (κ1) is 18.0. The highest BCUT2D eigenvalue weighted by Crippen LogP contribution is 2.36. The zero-order valence-electron chi connectivity index (χ0n) is 13.4. The van der Waals surface area contributed by atoms with E-state index in [4.69, 9.17) is 17.3 Å². The minimum Gasteiger partial charge on any atom is -0.481 e. The molecule has 26 heavy (non-hydrogen) atoms. The van der Waals surface area contributed by atoms with Crippen LogP contribution in [0.3, 0.4) is 0 Å². The number of rotatable bonds is 5. The largest absolute Gasteiger partial charge is 0.481 e. The van der Waals surface area contributed by atoms with Crippen molar-refractivity contribution in [3.05, 3.63) is 70.1 Å². The van der Waals surface area contributed by atoms with Crippen molar-refractivity contribution < 1.29 is 19.5 Å². The molecular weight excluding hydrogens is 370 g/mol. The van der Waals surface area contributed by atoms with Crippen LogP contribution in [0.15, 0.2) is 53.4 Å². The summed E-state index contributed by atoms with van der Waals surface area (Å²) in [5.41, 5.74) is 2.61. The standard InChI is InChI=1S/C19H13NO4S2/c21-11-14-3-1-12(2-4-14)9-16-18(24)20(19(25)26-16)15-7-5-13(6-8-15)10-17(22)23/h1-9,11H,10H2,(H,22,23)/b16-9+. The molecule has 2 aromatic carbocycles. The average Bonchev–Trinajstić information content (AvgIpc) is 2.89. The maximum absolute atomic E-state index is 12.7. The van der Waals surface area contributed by atoms with Gasteiger partial charge in [0, 0.05) is 5.56 Å². The monoisotopic (exact) mass is 383 g/mol. The van der Waals surface area contributed by atoms with E-state index in [2.05, 4.69) is 0 Å². The van der Waals surface area contributed by atoms with Gasteiger partial charge in [-0.05, 0) is 29.3 Å². The van der Waals surface area contributed by atoms with Gasteiger partial charge < -0.3 is 5.11 Å². The summed E-state index contributed by atoms with van der Waals surface area (Å²) in [4.78, 5) is 36.1. The van der Waals surface area contributed by atoms with E-state index >= 15 is 0 Å². The molecule has 0 unspecified atom stereocenters. The number of carbonyl (C=O) groups is 3. The van der Waals surface area contributed by atoms with Crippen LogP contribution in [0.1, 0.15) is 21.5 Å². The molecule has 2 aromatic rings. The Kier molecular flexibility index (Phi) is 5.29. The van der Waals surface area contributed by atoms with Crippen LogP contribution in [0, 0.1) is 0 Å². The minimum absolute atomic E-state index is 0.0740. The molecule has 0 bridgehead atoms. The molecule has 7 heteroatoms. The summed E-state index contributed by atoms with van der Waals surface area (Å²) < 4.78 is 0.414. The van der Waals surface area contributed by atoms with Crippen LogP contribution < -0.4 is 4.90 Å². The second-order valence-electron chi connectivity index (χ2n) is 5.54. The predicted octanol–water partition coefficient (Wildman–Crippen LogP) is 3.53. The third kappa shape index (κ3) is 3.89. The SMILES string of the molecule is O=Cc1ccc(/C=C2/SC(=S)N(c3ccc(CC(=O)O)cc3)C2=O)cc1. The number of thiocarbonyl (C=S) groups is 1. The van der Waals surface area contributed by atoms with Crippen LogP contribution in [0.25, 0.3) is 6.08 Å². The Bertz CT molecular complexity index is 918. The van der Waals surface area contributed by atoms with Crippen molar-refractivity contribution in [3.63, 3.8) is 0 Å². The smallest absolute Gasteiger partial charge is 0.307 e. The first-order valence-corrected chi connectivity index (χ1v) is 8.84. The number of thioether (sulfide) groups is 1. The van der Waals surface area contributed by atoms with E-state index in [0.29, 0.717) is 26.0 Å². The number of carbonyl (C=O) groups excluding carboxylic acids is 2. The number of carboxylic acids is 1. The molecule has 3 rings (SSSR count). The van der Waals surface area contributed by atoms with Gasteiger partial charge in [-0.2, -0.15) is 0 Å². The molecule has 1 amide bonds. The Labute approximate surface area is 159 Å². The summed E-state index contributed by atoms with van der Waals surface area (Å²) in [7, 11) is 0. The van der Waals surface area contributed by atoms with Gasteiger partial charge >= 0.3 is 5.97 Å². The topological polar surface area (TPSA) is 74.7 Å². The van der Waals surface area contributed by atoms with E-state index in [-0.39, 0.29) is 12.3 Å². The lowest BCUT2D eigenvalue weighted by Crippen LogP contribution is -2.27. The lowest BCUT2D eigenvalue weighted by Gasteiger charge is -2.14.